The van der Waals surface area contributed by atoms with Gasteiger partial charge in [-0.25, -0.2) is 4.98 Å². The first kappa shape index (κ1) is 29.0. The van der Waals surface area contributed by atoms with Crippen LogP contribution in [0.2, 0.25) is 0 Å². The summed E-state index contributed by atoms with van der Waals surface area (Å²) in [7, 11) is 0. The van der Waals surface area contributed by atoms with Gasteiger partial charge in [-0.3, -0.25) is 4.79 Å². The molecule has 1 aromatic carbocycles. The maximum atomic E-state index is 12.7. The third-order valence-electron chi connectivity index (χ3n) is 7.17. The van der Waals surface area contributed by atoms with E-state index in [9.17, 15) is 25.2 Å². The molecule has 0 spiro atoms. The van der Waals surface area contributed by atoms with Gasteiger partial charge in [0.15, 0.2) is 0 Å². The van der Waals surface area contributed by atoms with Crippen LogP contribution in [0.4, 0.5) is 0 Å². The first-order valence-corrected chi connectivity index (χ1v) is 13.4. The quantitative estimate of drug-likeness (QED) is 0.242. The molecular weight excluding hydrogens is 470 g/mol. The Hall–Kier alpha value is -2.52. The zero-order valence-electron chi connectivity index (χ0n) is 22.1. The van der Waals surface area contributed by atoms with E-state index in [-0.39, 0.29) is 48.5 Å². The van der Waals surface area contributed by atoms with Gasteiger partial charge >= 0.3 is 0 Å². The van der Waals surface area contributed by atoms with Crippen LogP contribution >= 0.6 is 0 Å². The zero-order chi connectivity index (χ0) is 26.8. The Bertz CT molecular complexity index is 1010. The van der Waals surface area contributed by atoms with Crippen molar-refractivity contribution in [3.05, 3.63) is 58.9 Å². The summed E-state index contributed by atoms with van der Waals surface area (Å²) in [6.45, 7) is 3.90. The summed E-state index contributed by atoms with van der Waals surface area (Å²) < 4.78 is 0. The number of nitrogens with zero attached hydrogens (tertiary/aromatic N) is 1. The Balaban J connectivity index is 1.51. The molecule has 8 heteroatoms. The molecule has 37 heavy (non-hydrogen) atoms. The molecule has 0 saturated heterocycles. The predicted molar refractivity (Wildman–Crippen MR) is 143 cm³/mol. The number of aliphatic hydroxyl groups is 3. The maximum absolute atomic E-state index is 12.7. The summed E-state index contributed by atoms with van der Waals surface area (Å²) in [5.74, 6) is 0.414. The number of hydrogen-bond acceptors (Lipinski definition) is 7. The summed E-state index contributed by atoms with van der Waals surface area (Å²) in [4.78, 5) is 16.8. The van der Waals surface area contributed by atoms with Gasteiger partial charge in [0.25, 0.3) is 0 Å². The predicted octanol–water partition coefficient (Wildman–Crippen LogP) is 2.91. The Morgan fingerprint density at radius 1 is 1.11 bits per heavy atom. The number of rotatable bonds is 13. The number of pyridine rings is 1. The molecule has 0 bridgehead atoms. The average molecular weight is 514 g/mol. The van der Waals surface area contributed by atoms with Crippen molar-refractivity contribution >= 4 is 5.91 Å². The number of nitrogens with one attached hydrogen (secondary N) is 2. The third kappa shape index (κ3) is 9.38. The Morgan fingerprint density at radius 3 is 2.54 bits per heavy atom. The molecule has 1 amide bonds. The lowest BCUT2D eigenvalue weighted by Gasteiger charge is -2.28. The number of aliphatic hydroxyl groups excluding tert-OH is 3. The summed E-state index contributed by atoms with van der Waals surface area (Å²) in [5.41, 5.74) is 2.16. The van der Waals surface area contributed by atoms with Crippen molar-refractivity contribution in [1.29, 1.82) is 0 Å². The fourth-order valence-electron chi connectivity index (χ4n) is 5.18. The molecule has 1 unspecified atom stereocenters. The van der Waals surface area contributed by atoms with Gasteiger partial charge in [0.2, 0.25) is 5.91 Å². The molecule has 1 aromatic heterocycles. The Kier molecular flexibility index (Phi) is 10.9. The second-order valence-corrected chi connectivity index (χ2v) is 11.0. The van der Waals surface area contributed by atoms with Crippen LogP contribution in [0.15, 0.2) is 36.4 Å². The normalized spacial score (nSPS) is 16.4. The smallest absolute Gasteiger partial charge is 0.224 e. The molecule has 2 aromatic rings. The topological polar surface area (TPSA) is 135 Å². The van der Waals surface area contributed by atoms with Gasteiger partial charge in [-0.15, -0.1) is 0 Å². The average Bonchev–Trinajstić information content (AvgIpc) is 2.87. The van der Waals surface area contributed by atoms with Gasteiger partial charge < -0.3 is 31.1 Å². The van der Waals surface area contributed by atoms with Gasteiger partial charge in [-0.2, -0.15) is 0 Å². The second kappa shape index (κ2) is 13.9. The number of carbonyl (C=O) groups excluding carboxylic acids is 1. The number of β-amino-alcohol motifs (C(OH)–C–C–N with tert-alkyl or cyclic N) is 1. The first-order chi connectivity index (χ1) is 17.7. The van der Waals surface area contributed by atoms with E-state index in [4.69, 9.17) is 0 Å². The molecule has 2 atom stereocenters. The van der Waals surface area contributed by atoms with E-state index in [1.54, 1.807) is 6.07 Å². The lowest BCUT2D eigenvalue weighted by Crippen LogP contribution is -2.43. The van der Waals surface area contributed by atoms with E-state index in [0.717, 1.165) is 17.5 Å². The monoisotopic (exact) mass is 513 g/mol. The lowest BCUT2D eigenvalue weighted by molar-refractivity contribution is -0.121. The van der Waals surface area contributed by atoms with Gasteiger partial charge in [0, 0.05) is 12.1 Å². The molecule has 1 fully saturated rings. The fourth-order valence-corrected chi connectivity index (χ4v) is 5.18. The Morgan fingerprint density at radius 2 is 1.84 bits per heavy atom. The summed E-state index contributed by atoms with van der Waals surface area (Å²) in [5, 5.41) is 45.7. The summed E-state index contributed by atoms with van der Waals surface area (Å²) >= 11 is 0. The SMILES string of the molecule is CC(C)(Cc1cccc(CC(=O)N[C@H](CO)CC2CCCCC2)c1)NCC(O)c1ccc(O)c(CO)n1. The van der Waals surface area contributed by atoms with Crippen LogP contribution in [0.25, 0.3) is 0 Å². The van der Waals surface area contributed by atoms with E-state index in [0.29, 0.717) is 18.0 Å². The maximum Gasteiger partial charge on any atom is 0.224 e. The standard InChI is InChI=1S/C29H43N3O5/c1-29(2,30-17-27(36)24-11-12-26(35)25(19-34)32-24)16-22-10-6-9-21(13-22)15-28(37)31-23(18-33)14-20-7-4-3-5-8-20/h6,9-13,20,23,27,30,33-36H,3-5,7-8,14-19H2,1-2H3,(H,31,37)/t23-,27?/m0/s1. The molecule has 1 aliphatic carbocycles. The molecule has 1 heterocycles. The number of aromatic hydroxyl groups is 1. The minimum atomic E-state index is -0.895. The highest BCUT2D eigenvalue weighted by Gasteiger charge is 2.22. The van der Waals surface area contributed by atoms with Crippen LogP contribution in [0.3, 0.4) is 0 Å². The highest BCUT2D eigenvalue weighted by molar-refractivity contribution is 5.78. The zero-order valence-corrected chi connectivity index (χ0v) is 22.1. The molecule has 3 rings (SSSR count). The number of hydrogen-bond donors (Lipinski definition) is 6. The fraction of sp³-hybridized carbons (Fsp3) is 0.586. The first-order valence-electron chi connectivity index (χ1n) is 13.4. The van der Waals surface area contributed by atoms with Crippen LogP contribution < -0.4 is 10.6 Å². The molecule has 1 aliphatic rings. The van der Waals surface area contributed by atoms with E-state index >= 15 is 0 Å². The van der Waals surface area contributed by atoms with Crippen molar-refractivity contribution < 1.29 is 25.2 Å². The van der Waals surface area contributed by atoms with Gasteiger partial charge in [0.1, 0.15) is 17.5 Å². The highest BCUT2D eigenvalue weighted by atomic mass is 16.3. The van der Waals surface area contributed by atoms with Crippen LogP contribution in [0.1, 0.15) is 81.0 Å². The molecule has 0 aliphatic heterocycles. The third-order valence-corrected chi connectivity index (χ3v) is 7.17. The molecule has 0 radical (unpaired) electrons. The molecule has 6 N–H and O–H groups in total. The molecule has 204 valence electrons. The minimum absolute atomic E-state index is 0.0328. The van der Waals surface area contributed by atoms with Crippen LogP contribution in [0, 0.1) is 5.92 Å². The molecule has 1 saturated carbocycles. The van der Waals surface area contributed by atoms with E-state index in [2.05, 4.69) is 15.6 Å². The van der Waals surface area contributed by atoms with Crippen molar-refractivity contribution in [2.45, 2.75) is 89.5 Å². The van der Waals surface area contributed by atoms with E-state index < -0.39 is 12.7 Å². The van der Waals surface area contributed by atoms with Crippen molar-refractivity contribution in [3.8, 4) is 5.75 Å². The van der Waals surface area contributed by atoms with Crippen molar-refractivity contribution in [3.63, 3.8) is 0 Å². The number of carbonyl (C=O) groups is 1. The Labute approximate surface area is 220 Å². The van der Waals surface area contributed by atoms with E-state index in [1.807, 2.05) is 38.1 Å². The summed E-state index contributed by atoms with van der Waals surface area (Å²) in [6, 6.07) is 10.7. The van der Waals surface area contributed by atoms with Crippen LogP contribution in [0.5, 0.6) is 5.75 Å². The van der Waals surface area contributed by atoms with Gasteiger partial charge in [0.05, 0.1) is 31.4 Å². The van der Waals surface area contributed by atoms with Crippen LogP contribution in [-0.4, -0.2) is 56.0 Å². The summed E-state index contributed by atoms with van der Waals surface area (Å²) in [6.07, 6.45) is 7.04. The van der Waals surface area contributed by atoms with Gasteiger partial charge in [-0.1, -0.05) is 56.4 Å². The highest BCUT2D eigenvalue weighted by Crippen LogP contribution is 2.27. The second-order valence-electron chi connectivity index (χ2n) is 11.0. The number of benzene rings is 1. The van der Waals surface area contributed by atoms with Gasteiger partial charge in [-0.05, 0) is 55.9 Å². The number of aromatic nitrogens is 1. The van der Waals surface area contributed by atoms with Crippen LogP contribution in [-0.2, 0) is 24.2 Å². The minimum Gasteiger partial charge on any atom is -0.506 e. The van der Waals surface area contributed by atoms with Crippen molar-refractivity contribution in [1.82, 2.24) is 15.6 Å². The van der Waals surface area contributed by atoms with Crippen molar-refractivity contribution in [2.24, 2.45) is 5.92 Å². The molecular formula is C29H43N3O5. The molecule has 8 nitrogen and oxygen atoms in total. The van der Waals surface area contributed by atoms with E-state index in [1.165, 1.54) is 38.2 Å². The largest absolute Gasteiger partial charge is 0.506 e. The van der Waals surface area contributed by atoms with Crippen molar-refractivity contribution in [2.75, 3.05) is 13.2 Å². The lowest BCUT2D eigenvalue weighted by atomic mass is 9.85. The number of amides is 1.